The zero-order valence-corrected chi connectivity index (χ0v) is 84.8. The summed E-state index contributed by atoms with van der Waals surface area (Å²) in [5.41, 5.74) is 43.5. The van der Waals surface area contributed by atoms with Crippen molar-refractivity contribution in [3.8, 4) is 0 Å². The van der Waals surface area contributed by atoms with Gasteiger partial charge in [-0.05, 0) is 433 Å². The van der Waals surface area contributed by atoms with Gasteiger partial charge in [-0.25, -0.2) is 32.8 Å². The Labute approximate surface area is 871 Å². The highest BCUT2D eigenvalue weighted by molar-refractivity contribution is 6.34. The van der Waals surface area contributed by atoms with Crippen molar-refractivity contribution < 1.29 is 71.5 Å². The first-order valence-electron chi connectivity index (χ1n) is 50.0. The lowest BCUT2D eigenvalue weighted by Gasteiger charge is -2.15. The molecule has 0 aliphatic heterocycles. The van der Waals surface area contributed by atoms with Gasteiger partial charge < -0.3 is 25.5 Å². The van der Waals surface area contributed by atoms with Crippen molar-refractivity contribution in [2.75, 3.05) is 0 Å². The van der Waals surface area contributed by atoms with Crippen LogP contribution < -0.4 is 0 Å². The summed E-state index contributed by atoms with van der Waals surface area (Å²) in [6.07, 6.45) is 23.9. The molecular formula is C131H115Cl2F5O10. The molecule has 148 heavy (non-hydrogen) atoms. The van der Waals surface area contributed by atoms with Crippen molar-refractivity contribution in [2.24, 2.45) is 0 Å². The smallest absolute Gasteiger partial charge is 0.416 e. The Morgan fingerprint density at radius 2 is 0.453 bits per heavy atom. The van der Waals surface area contributed by atoms with E-state index in [1.54, 1.807) is 73.7 Å². The van der Waals surface area contributed by atoms with Crippen LogP contribution in [0, 0.1) is 46.3 Å². The number of halogens is 7. The number of allylic oxidation sites excluding steroid dienone is 10. The lowest BCUT2D eigenvalue weighted by Crippen LogP contribution is -2.06. The lowest BCUT2D eigenvalue weighted by molar-refractivity contribution is -0.137. The molecule has 5 N–H and O–H groups in total. The molecule has 15 aromatic carbocycles. The van der Waals surface area contributed by atoms with Crippen LogP contribution in [0.5, 0.6) is 0 Å². The van der Waals surface area contributed by atoms with E-state index < -0.39 is 53.2 Å². The van der Waals surface area contributed by atoms with Crippen LogP contribution in [-0.4, -0.2) is 55.4 Å². The zero-order valence-electron chi connectivity index (χ0n) is 83.3. The summed E-state index contributed by atoms with van der Waals surface area (Å²) in [5.74, 6) is -5.64. The molecule has 10 nitrogen and oxygen atoms in total. The normalized spacial score (nSPS) is 12.7. The first-order chi connectivity index (χ1) is 71.2. The van der Waals surface area contributed by atoms with Crippen LogP contribution in [0.1, 0.15) is 224 Å². The van der Waals surface area contributed by atoms with Crippen molar-refractivity contribution in [1.82, 2.24) is 0 Å². The Morgan fingerprint density at radius 3 is 0.676 bits per heavy atom. The zero-order chi connectivity index (χ0) is 104. The lowest BCUT2D eigenvalue weighted by atomic mass is 9.91. The molecule has 0 radical (unpaired) electrons. The number of hydrogen-bond donors (Lipinski definition) is 5. The van der Waals surface area contributed by atoms with Crippen LogP contribution in [0.25, 0.3) is 27.9 Å². The van der Waals surface area contributed by atoms with Crippen molar-refractivity contribution in [2.45, 2.75) is 169 Å². The van der Waals surface area contributed by atoms with E-state index in [9.17, 15) is 45.9 Å². The average Bonchev–Trinajstić information content (AvgIpc) is 1.80. The van der Waals surface area contributed by atoms with Crippen LogP contribution in [0.4, 0.5) is 22.0 Å². The third-order valence-electron chi connectivity index (χ3n) is 27.9. The molecule has 0 saturated carbocycles. The number of rotatable bonds is 30. The van der Waals surface area contributed by atoms with Gasteiger partial charge in [-0.3, -0.25) is 0 Å². The summed E-state index contributed by atoms with van der Waals surface area (Å²) in [6, 6.07) is 94.8. The summed E-state index contributed by atoms with van der Waals surface area (Å²) in [7, 11) is 0. The largest absolute Gasteiger partial charge is 0.478 e. The number of carboxylic acid groups (broad SMARTS) is 5. The van der Waals surface area contributed by atoms with Crippen LogP contribution in [-0.2, 0) is 135 Å². The molecule has 0 amide bonds. The maximum absolute atomic E-state index is 13.6. The third kappa shape index (κ3) is 27.9. The number of fused-ring (bicyclic) bond motifs is 5. The van der Waals surface area contributed by atoms with Gasteiger partial charge >= 0.3 is 36.0 Å². The fourth-order valence-electron chi connectivity index (χ4n) is 21.2. The molecule has 748 valence electrons. The highest BCUT2D eigenvalue weighted by Crippen LogP contribution is 2.42. The monoisotopic (exact) mass is 2010 g/mol. The molecule has 0 saturated heterocycles. The molecular weight excluding hydrogens is 1900 g/mol. The van der Waals surface area contributed by atoms with E-state index in [0.717, 1.165) is 166 Å². The molecule has 0 atom stereocenters. The SMILES string of the molecule is Cc1cc(C)cc(CC2=CCc3cccc(CCc4ccc(C(=O)O)cc4)c32)c1.Cc1cc(C)cc(CC2=CCc3cccc(CCc4ccc(C(=O)O)cc4)c32)c1.Cc1cc(CC2=CCc3cccc(CCc4ccc(C(=O)O)cc4)c32)cc(C(F)(F)F)c1.O=C(O)c1ccc(CCc2cccc3c2C(Cc2cc(Cl)cc(Cl)c2)=CC3)cc1.O=C(O)c1ccc(CCc2cccc3c2C(Cc2cc(F)cc(F)c2)=CC3)cc1. The second-order valence-electron chi connectivity index (χ2n) is 39.1. The number of aromatic carboxylic acids is 5. The van der Waals surface area contributed by atoms with Crippen LogP contribution in [0.15, 0.2) is 334 Å². The molecule has 17 heteroatoms. The van der Waals surface area contributed by atoms with Crippen LogP contribution in [0.2, 0.25) is 10.0 Å². The third-order valence-corrected chi connectivity index (χ3v) is 28.3. The van der Waals surface area contributed by atoms with Crippen molar-refractivity contribution in [3.05, 3.63) is 556 Å². The van der Waals surface area contributed by atoms with Crippen molar-refractivity contribution >= 4 is 80.9 Å². The van der Waals surface area contributed by atoms with Gasteiger partial charge in [-0.15, -0.1) is 0 Å². The van der Waals surface area contributed by atoms with E-state index in [2.05, 4.69) is 173 Å². The molecule has 0 spiro atoms. The number of benzene rings is 15. The predicted molar refractivity (Wildman–Crippen MR) is 584 cm³/mol. The second kappa shape index (κ2) is 48.3. The summed E-state index contributed by atoms with van der Waals surface area (Å²) in [5, 5.41) is 46.6. The summed E-state index contributed by atoms with van der Waals surface area (Å²) >= 11 is 12.3. The number of alkyl halides is 3. The van der Waals surface area contributed by atoms with Gasteiger partial charge in [0.2, 0.25) is 0 Å². The quantitative estimate of drug-likeness (QED) is 0.0271. The molecule has 0 unspecified atom stereocenters. The predicted octanol–water partition coefficient (Wildman–Crippen LogP) is 30.9. The van der Waals surface area contributed by atoms with Crippen LogP contribution >= 0.6 is 23.2 Å². The molecule has 0 heterocycles. The van der Waals surface area contributed by atoms with Gasteiger partial charge in [-0.1, -0.05) is 276 Å². The molecule has 20 rings (SSSR count). The molecule has 5 aliphatic rings. The van der Waals surface area contributed by atoms with Crippen molar-refractivity contribution in [3.63, 3.8) is 0 Å². The minimum absolute atomic E-state index is 0.260. The number of aryl methyl sites for hydroxylation is 15. The Hall–Kier alpha value is -15.4. The second-order valence-corrected chi connectivity index (χ2v) is 39.9. The number of carboxylic acids is 5. The van der Waals surface area contributed by atoms with Gasteiger partial charge in [0.25, 0.3) is 0 Å². The standard InChI is InChI=1S/C27H23F3O2.2C27H26O2.C25H20Cl2O2.C25H20F2O2/c1-17-13-19(16-24(14-17)27(28,29)30)15-23-12-11-21-4-2-3-20(25(21)23)8-5-18-6-9-22(10-7-18)26(31)32;2*1-18-14-19(2)16-21(15-18)17-25-13-12-23-5-3-4-22(26(23)25)9-6-20-7-10-24(11-8-20)27(28)29;2*26-22-13-17(14-23(27)15-22)12-21-11-10-19-3-1-2-18(24(19)21)7-4-16-5-8-20(9-6-16)25(28)29/h2-4,6-7,9-10,12-14,16H,5,8,11,15H2,1H3,(H,31,32);2*3-5,7-8,10-11,13-16H,6,9,12,17H2,1-2H3,(H,28,29);2*1-3,5-6,8-9,11,13-15H,4,7,10,12H2,(H,28,29). The molecule has 15 aromatic rings. The van der Waals surface area contributed by atoms with E-state index in [1.807, 2.05) is 91.0 Å². The first kappa shape index (κ1) is 105. The van der Waals surface area contributed by atoms with Gasteiger partial charge in [0.15, 0.2) is 0 Å². The number of hydrogen-bond acceptors (Lipinski definition) is 5. The van der Waals surface area contributed by atoms with E-state index in [1.165, 1.54) is 158 Å². The van der Waals surface area contributed by atoms with Gasteiger partial charge in [0.05, 0.1) is 33.4 Å². The molecule has 0 fully saturated rings. The van der Waals surface area contributed by atoms with Gasteiger partial charge in [-0.2, -0.15) is 13.2 Å². The summed E-state index contributed by atoms with van der Waals surface area (Å²) in [6.45, 7) is 10.3. The molecule has 0 bridgehead atoms. The minimum atomic E-state index is -4.36. The van der Waals surface area contributed by atoms with E-state index >= 15 is 0 Å². The topological polar surface area (TPSA) is 186 Å². The maximum atomic E-state index is 13.6. The van der Waals surface area contributed by atoms with Crippen molar-refractivity contribution in [1.29, 1.82) is 0 Å². The fraction of sp³-hybridized carbons (Fsp3) is 0.198. The van der Waals surface area contributed by atoms with E-state index in [-0.39, 0.29) is 11.1 Å². The minimum Gasteiger partial charge on any atom is -0.478 e. The molecule has 5 aliphatic carbocycles. The van der Waals surface area contributed by atoms with Gasteiger partial charge in [0, 0.05) is 16.1 Å². The summed E-state index contributed by atoms with van der Waals surface area (Å²) in [4.78, 5) is 55.1. The molecule has 0 aromatic heterocycles. The van der Waals surface area contributed by atoms with Crippen LogP contribution in [0.3, 0.4) is 0 Å². The Bertz CT molecular complexity index is 6880. The highest BCUT2D eigenvalue weighted by atomic mass is 35.5. The Kier molecular flexibility index (Phi) is 34.4. The number of carbonyl (C=O) groups is 5. The van der Waals surface area contributed by atoms with E-state index in [4.69, 9.17) is 48.7 Å². The van der Waals surface area contributed by atoms with Gasteiger partial charge in [0.1, 0.15) is 11.6 Å². The highest BCUT2D eigenvalue weighted by Gasteiger charge is 2.32. The average molecular weight is 2020 g/mol. The Balaban J connectivity index is 0.000000132. The Morgan fingerprint density at radius 1 is 0.243 bits per heavy atom. The van der Waals surface area contributed by atoms with E-state index in [0.29, 0.717) is 56.3 Å². The fourth-order valence-corrected chi connectivity index (χ4v) is 21.7. The summed E-state index contributed by atoms with van der Waals surface area (Å²) < 4.78 is 66.9. The first-order valence-corrected chi connectivity index (χ1v) is 50.8. The maximum Gasteiger partial charge on any atom is 0.416 e.